The molecule has 0 radical (unpaired) electrons. The first-order valence-corrected chi connectivity index (χ1v) is 9.01. The minimum Gasteiger partial charge on any atom is -0.480 e. The largest absolute Gasteiger partial charge is 0.480 e. The van der Waals surface area contributed by atoms with Gasteiger partial charge >= 0.3 is 17.8 Å². The highest BCUT2D eigenvalue weighted by atomic mass is 19.1. The molecule has 1 aromatic carbocycles. The second-order valence-corrected chi connectivity index (χ2v) is 7.14. The van der Waals surface area contributed by atoms with E-state index >= 15 is 0 Å². The third kappa shape index (κ3) is 5.90. The van der Waals surface area contributed by atoms with Gasteiger partial charge in [0, 0.05) is 31.5 Å². The molecule has 2 N–H and O–H groups in total. The lowest BCUT2D eigenvalue weighted by Gasteiger charge is -2.27. The molecule has 1 amide bonds. The van der Waals surface area contributed by atoms with Gasteiger partial charge < -0.3 is 10.2 Å². The van der Waals surface area contributed by atoms with Gasteiger partial charge in [0.25, 0.3) is 0 Å². The maximum Gasteiger partial charge on any atom is 0.408 e. The van der Waals surface area contributed by atoms with E-state index in [1.165, 1.54) is 21.5 Å². The van der Waals surface area contributed by atoms with Crippen LogP contribution in [0, 0.1) is 17.6 Å². The van der Waals surface area contributed by atoms with Gasteiger partial charge in [-0.2, -0.15) is 0 Å². The van der Waals surface area contributed by atoms with Crippen LogP contribution in [0.15, 0.2) is 35.4 Å². The van der Waals surface area contributed by atoms with E-state index in [4.69, 9.17) is 0 Å². The van der Waals surface area contributed by atoms with Crippen molar-refractivity contribution in [2.75, 3.05) is 6.54 Å². The molecule has 0 fully saturated rings. The minimum absolute atomic E-state index is 0.0339. The van der Waals surface area contributed by atoms with Crippen LogP contribution >= 0.6 is 0 Å². The molecule has 2 rings (SSSR count). The summed E-state index contributed by atoms with van der Waals surface area (Å²) in [5.41, 5.74) is -0.242. The summed E-state index contributed by atoms with van der Waals surface area (Å²) in [6.45, 7) is 3.26. The van der Waals surface area contributed by atoms with Gasteiger partial charge in [0.15, 0.2) is 0 Å². The first-order valence-electron chi connectivity index (χ1n) is 9.01. The first-order chi connectivity index (χ1) is 13.6. The molecule has 8 nitrogen and oxygen atoms in total. The molecular formula is C19H23F2N3O5. The fraction of sp³-hybridized carbons (Fsp3) is 0.421. The monoisotopic (exact) mass is 411 g/mol. The van der Waals surface area contributed by atoms with Crippen LogP contribution < -0.4 is 5.69 Å². The predicted molar refractivity (Wildman–Crippen MR) is 99.8 cm³/mol. The Kier molecular flexibility index (Phi) is 7.13. The lowest BCUT2D eigenvalue weighted by atomic mass is 10.0. The highest BCUT2D eigenvalue weighted by Gasteiger charge is 2.30. The Morgan fingerprint density at radius 3 is 2.17 bits per heavy atom. The van der Waals surface area contributed by atoms with E-state index in [2.05, 4.69) is 0 Å². The first kappa shape index (κ1) is 22.1. The summed E-state index contributed by atoms with van der Waals surface area (Å²) in [6, 6.07) is 1.74. The third-order valence-corrected chi connectivity index (χ3v) is 4.38. The molecule has 0 aliphatic carbocycles. The van der Waals surface area contributed by atoms with Gasteiger partial charge in [0.2, 0.25) is 0 Å². The quantitative estimate of drug-likeness (QED) is 0.660. The molecular weight excluding hydrogens is 388 g/mol. The van der Waals surface area contributed by atoms with Crippen molar-refractivity contribution in [3.8, 4) is 0 Å². The molecule has 1 atom stereocenters. The van der Waals surface area contributed by atoms with E-state index in [9.17, 15) is 33.4 Å². The molecule has 1 heterocycles. The summed E-state index contributed by atoms with van der Waals surface area (Å²) in [5, 5.41) is 18.8. The number of hydrogen-bond donors (Lipinski definition) is 2. The van der Waals surface area contributed by atoms with Crippen molar-refractivity contribution in [3.05, 3.63) is 58.3 Å². The highest BCUT2D eigenvalue weighted by Crippen LogP contribution is 2.13. The standard InChI is InChI=1S/C19H23F2N3O5/c1-12(2)7-16(17(25)26)24(19(28)29)6-5-22-3-4-23(18(22)27)11-13-8-14(20)10-15(21)9-13/h3-4,8-10,12,16H,5-7,11H2,1-2H3,(H,25,26)(H,28,29). The number of carboxylic acid groups (broad SMARTS) is 2. The summed E-state index contributed by atoms with van der Waals surface area (Å²) in [7, 11) is 0. The number of imidazole rings is 1. The summed E-state index contributed by atoms with van der Waals surface area (Å²) in [5.74, 6) is -2.79. The van der Waals surface area contributed by atoms with Crippen molar-refractivity contribution in [2.24, 2.45) is 5.92 Å². The number of amides is 1. The van der Waals surface area contributed by atoms with E-state index in [-0.39, 0.29) is 37.5 Å². The summed E-state index contributed by atoms with van der Waals surface area (Å²) in [6.07, 6.45) is 1.58. The molecule has 2 aromatic rings. The normalized spacial score (nSPS) is 12.2. The second-order valence-electron chi connectivity index (χ2n) is 7.14. The van der Waals surface area contributed by atoms with Crippen molar-refractivity contribution >= 4 is 12.1 Å². The summed E-state index contributed by atoms with van der Waals surface area (Å²) >= 11 is 0. The molecule has 158 valence electrons. The van der Waals surface area contributed by atoms with E-state index in [0.717, 1.165) is 23.1 Å². The van der Waals surface area contributed by atoms with Crippen LogP contribution in [0.5, 0.6) is 0 Å². The molecule has 29 heavy (non-hydrogen) atoms. The number of halogens is 2. The Bertz CT molecular complexity index is 918. The second kappa shape index (κ2) is 9.35. The van der Waals surface area contributed by atoms with Crippen molar-refractivity contribution in [2.45, 2.75) is 39.4 Å². The van der Waals surface area contributed by atoms with Gasteiger partial charge in [-0.15, -0.1) is 0 Å². The number of benzene rings is 1. The average molecular weight is 411 g/mol. The van der Waals surface area contributed by atoms with Crippen LogP contribution in [0.3, 0.4) is 0 Å². The van der Waals surface area contributed by atoms with Crippen molar-refractivity contribution in [1.29, 1.82) is 0 Å². The van der Waals surface area contributed by atoms with Crippen molar-refractivity contribution < 1.29 is 28.6 Å². The SMILES string of the molecule is CC(C)CC(C(=O)O)N(CCn1ccn(Cc2cc(F)cc(F)c2)c1=O)C(=O)O. The molecule has 0 saturated carbocycles. The van der Waals surface area contributed by atoms with Gasteiger partial charge in [-0.3, -0.25) is 14.0 Å². The summed E-state index contributed by atoms with van der Waals surface area (Å²) in [4.78, 5) is 36.3. The summed E-state index contributed by atoms with van der Waals surface area (Å²) < 4.78 is 29.1. The minimum atomic E-state index is -1.39. The molecule has 0 saturated heterocycles. The lowest BCUT2D eigenvalue weighted by molar-refractivity contribution is -0.143. The van der Waals surface area contributed by atoms with Gasteiger partial charge in [0.05, 0.1) is 6.54 Å². The zero-order valence-electron chi connectivity index (χ0n) is 16.1. The fourth-order valence-electron chi connectivity index (χ4n) is 3.05. The maximum absolute atomic E-state index is 13.3. The number of aromatic nitrogens is 2. The number of hydrogen-bond acceptors (Lipinski definition) is 3. The zero-order valence-corrected chi connectivity index (χ0v) is 16.1. The Balaban J connectivity index is 2.14. The molecule has 0 aliphatic rings. The number of nitrogens with zero attached hydrogens (tertiary/aromatic N) is 3. The average Bonchev–Trinajstić information content (AvgIpc) is 2.92. The van der Waals surface area contributed by atoms with Crippen LogP contribution in [-0.4, -0.2) is 48.9 Å². The Labute approximate surface area is 165 Å². The third-order valence-electron chi connectivity index (χ3n) is 4.38. The van der Waals surface area contributed by atoms with E-state index in [1.807, 2.05) is 0 Å². The fourth-order valence-corrected chi connectivity index (χ4v) is 3.05. The predicted octanol–water partition coefficient (Wildman–Crippen LogP) is 2.46. The Morgan fingerprint density at radius 1 is 1.07 bits per heavy atom. The van der Waals surface area contributed by atoms with Crippen molar-refractivity contribution in [3.63, 3.8) is 0 Å². The van der Waals surface area contributed by atoms with Gasteiger partial charge in [-0.25, -0.2) is 23.2 Å². The Morgan fingerprint density at radius 2 is 1.66 bits per heavy atom. The molecule has 0 bridgehead atoms. The molecule has 1 aromatic heterocycles. The van der Waals surface area contributed by atoms with Gasteiger partial charge in [-0.05, 0) is 30.0 Å². The number of carbonyl (C=O) groups is 2. The molecule has 1 unspecified atom stereocenters. The van der Waals surface area contributed by atoms with E-state index in [0.29, 0.717) is 0 Å². The molecule has 10 heteroatoms. The van der Waals surface area contributed by atoms with Crippen molar-refractivity contribution in [1.82, 2.24) is 14.0 Å². The van der Waals surface area contributed by atoms with E-state index in [1.54, 1.807) is 13.8 Å². The van der Waals surface area contributed by atoms with Gasteiger partial charge in [0.1, 0.15) is 17.7 Å². The number of carboxylic acids is 1. The topological polar surface area (TPSA) is 105 Å². The van der Waals surface area contributed by atoms with Crippen LogP contribution in [-0.2, 0) is 17.9 Å². The van der Waals surface area contributed by atoms with E-state index < -0.39 is 35.4 Å². The smallest absolute Gasteiger partial charge is 0.408 e. The molecule has 0 aliphatic heterocycles. The van der Waals surface area contributed by atoms with Gasteiger partial charge in [-0.1, -0.05) is 13.8 Å². The van der Waals surface area contributed by atoms with Crippen LogP contribution in [0.25, 0.3) is 0 Å². The van der Waals surface area contributed by atoms with Crippen LogP contribution in [0.2, 0.25) is 0 Å². The molecule has 0 spiro atoms. The Hall–Kier alpha value is -3.17. The number of aliphatic carboxylic acids is 1. The maximum atomic E-state index is 13.3. The van der Waals surface area contributed by atoms with Crippen LogP contribution in [0.4, 0.5) is 13.6 Å². The zero-order chi connectivity index (χ0) is 21.7. The number of rotatable bonds is 9. The van der Waals surface area contributed by atoms with Crippen LogP contribution in [0.1, 0.15) is 25.8 Å². The highest BCUT2D eigenvalue weighted by molar-refractivity contribution is 5.79. The lowest BCUT2D eigenvalue weighted by Crippen LogP contribution is -2.47.